The normalized spacial score (nSPS) is 13.4. The number of amides is 1. The quantitative estimate of drug-likeness (QED) is 0.633. The third-order valence-electron chi connectivity index (χ3n) is 4.46. The number of hydrogen-bond donors (Lipinski definition) is 1. The summed E-state index contributed by atoms with van der Waals surface area (Å²) < 4.78 is 43.9. The van der Waals surface area contributed by atoms with Crippen molar-refractivity contribution in [1.82, 2.24) is 10.2 Å². The number of hydrogen-bond acceptors (Lipinski definition) is 5. The minimum Gasteiger partial charge on any atom is -0.489 e. The van der Waals surface area contributed by atoms with Crippen LogP contribution < -0.4 is 15.0 Å². The zero-order valence-electron chi connectivity index (χ0n) is 15.3. The largest absolute Gasteiger partial charge is 0.489 e. The fourth-order valence-electron chi connectivity index (χ4n) is 3.06. The molecule has 30 heavy (non-hydrogen) atoms. The van der Waals surface area contributed by atoms with Crippen LogP contribution in [0.15, 0.2) is 54.6 Å². The molecular formula is C20H14ClF3N4O2. The highest BCUT2D eigenvalue weighted by Crippen LogP contribution is 2.38. The fourth-order valence-corrected chi connectivity index (χ4v) is 3.16. The van der Waals surface area contributed by atoms with Gasteiger partial charge in [-0.1, -0.05) is 17.7 Å². The topological polar surface area (TPSA) is 67.3 Å². The van der Waals surface area contributed by atoms with Crippen LogP contribution in [0.2, 0.25) is 5.15 Å². The van der Waals surface area contributed by atoms with Gasteiger partial charge in [-0.25, -0.2) is 0 Å². The molecule has 6 nitrogen and oxygen atoms in total. The third-order valence-corrected chi connectivity index (χ3v) is 4.66. The van der Waals surface area contributed by atoms with Gasteiger partial charge < -0.3 is 15.0 Å². The van der Waals surface area contributed by atoms with Crippen LogP contribution in [0.5, 0.6) is 5.75 Å². The van der Waals surface area contributed by atoms with Crippen molar-refractivity contribution in [1.29, 1.82) is 0 Å². The summed E-state index contributed by atoms with van der Waals surface area (Å²) in [5, 5.41) is 10.8. The second-order valence-corrected chi connectivity index (χ2v) is 6.78. The van der Waals surface area contributed by atoms with Crippen molar-refractivity contribution in [2.75, 3.05) is 23.4 Å². The Labute approximate surface area is 174 Å². The van der Waals surface area contributed by atoms with Gasteiger partial charge in [-0.15, -0.1) is 10.2 Å². The molecule has 1 N–H and O–H groups in total. The fraction of sp³-hybridized carbons (Fsp3) is 0.150. The molecule has 0 bridgehead atoms. The molecule has 0 saturated heterocycles. The van der Waals surface area contributed by atoms with E-state index < -0.39 is 17.6 Å². The van der Waals surface area contributed by atoms with Crippen LogP contribution in [0.3, 0.4) is 0 Å². The van der Waals surface area contributed by atoms with Gasteiger partial charge in [0.2, 0.25) is 0 Å². The van der Waals surface area contributed by atoms with Gasteiger partial charge in [-0.05, 0) is 48.5 Å². The Bertz CT molecular complexity index is 1070. The number of nitrogens with zero attached hydrogens (tertiary/aromatic N) is 3. The van der Waals surface area contributed by atoms with Crippen molar-refractivity contribution in [3.63, 3.8) is 0 Å². The van der Waals surface area contributed by atoms with E-state index in [-0.39, 0.29) is 16.4 Å². The smallest absolute Gasteiger partial charge is 0.416 e. The van der Waals surface area contributed by atoms with Crippen LogP contribution in [0.4, 0.5) is 30.4 Å². The highest BCUT2D eigenvalue weighted by atomic mass is 35.5. The van der Waals surface area contributed by atoms with Crippen molar-refractivity contribution >= 4 is 34.7 Å². The van der Waals surface area contributed by atoms with Crippen molar-refractivity contribution in [2.45, 2.75) is 6.18 Å². The molecule has 2 heterocycles. The first-order valence-electron chi connectivity index (χ1n) is 8.84. The summed E-state index contributed by atoms with van der Waals surface area (Å²) in [6.45, 7) is 0.801. The first-order chi connectivity index (χ1) is 14.3. The molecule has 0 fully saturated rings. The number of nitrogens with one attached hydrogen (secondary N) is 1. The van der Waals surface area contributed by atoms with E-state index in [0.717, 1.165) is 12.1 Å². The van der Waals surface area contributed by atoms with Crippen molar-refractivity contribution < 1.29 is 22.7 Å². The molecule has 4 rings (SSSR count). The van der Waals surface area contributed by atoms with E-state index in [0.29, 0.717) is 30.4 Å². The molecule has 0 unspecified atom stereocenters. The van der Waals surface area contributed by atoms with Gasteiger partial charge in [0.05, 0.1) is 23.4 Å². The van der Waals surface area contributed by atoms with Gasteiger partial charge in [0.15, 0.2) is 16.7 Å². The average molecular weight is 435 g/mol. The molecule has 0 aliphatic carbocycles. The number of alkyl halides is 3. The number of carbonyl (C=O) groups excluding carboxylic acids is 1. The first-order valence-corrected chi connectivity index (χ1v) is 9.22. The molecule has 154 valence electrons. The zero-order chi connectivity index (χ0) is 21.3. The molecule has 2 aromatic carbocycles. The van der Waals surface area contributed by atoms with Crippen molar-refractivity contribution in [2.24, 2.45) is 0 Å². The SMILES string of the molecule is O=C(Nc1ccc(C(F)(F)F)cc1)c1cccc2c1OCCN2c1ccc(Cl)nn1. The summed E-state index contributed by atoms with van der Waals surface area (Å²) in [5.74, 6) is 0.393. The highest BCUT2D eigenvalue weighted by Gasteiger charge is 2.30. The molecule has 3 aromatic rings. The van der Waals surface area contributed by atoms with E-state index in [1.54, 1.807) is 30.3 Å². The molecule has 0 radical (unpaired) electrons. The molecule has 1 aromatic heterocycles. The van der Waals surface area contributed by atoms with Crippen molar-refractivity contribution in [3.8, 4) is 5.75 Å². The second-order valence-electron chi connectivity index (χ2n) is 6.40. The molecule has 1 aliphatic heterocycles. The first kappa shape index (κ1) is 20.0. The molecule has 0 saturated carbocycles. The lowest BCUT2D eigenvalue weighted by molar-refractivity contribution is -0.137. The van der Waals surface area contributed by atoms with Gasteiger partial charge in [-0.3, -0.25) is 4.79 Å². The predicted octanol–water partition coefficient (Wildman–Crippen LogP) is 4.93. The molecule has 1 aliphatic rings. The summed E-state index contributed by atoms with van der Waals surface area (Å²) in [5.41, 5.74) is 0.319. The number of benzene rings is 2. The Hall–Kier alpha value is -3.33. The van der Waals surface area contributed by atoms with Crippen LogP contribution in [-0.4, -0.2) is 29.3 Å². The summed E-state index contributed by atoms with van der Waals surface area (Å²) in [6, 6.07) is 12.6. The van der Waals surface area contributed by atoms with Gasteiger partial charge in [0, 0.05) is 5.69 Å². The maximum atomic E-state index is 12.8. The van der Waals surface area contributed by atoms with E-state index in [2.05, 4.69) is 15.5 Å². The second kappa shape index (κ2) is 7.83. The van der Waals surface area contributed by atoms with Gasteiger partial charge >= 0.3 is 6.18 Å². The number of anilines is 3. The minimum atomic E-state index is -4.44. The molecule has 10 heteroatoms. The predicted molar refractivity (Wildman–Crippen MR) is 105 cm³/mol. The number of aromatic nitrogens is 2. The molecular weight excluding hydrogens is 421 g/mol. The molecule has 0 atom stereocenters. The Morgan fingerprint density at radius 1 is 1.07 bits per heavy atom. The highest BCUT2D eigenvalue weighted by molar-refractivity contribution is 6.29. The zero-order valence-corrected chi connectivity index (χ0v) is 16.0. The Morgan fingerprint density at radius 3 is 2.50 bits per heavy atom. The maximum absolute atomic E-state index is 12.8. The van der Waals surface area contributed by atoms with Crippen LogP contribution in [0, 0.1) is 0 Å². The average Bonchev–Trinajstić information content (AvgIpc) is 2.73. The lowest BCUT2D eigenvalue weighted by Crippen LogP contribution is -2.30. The van der Waals surface area contributed by atoms with Gasteiger partial charge in [-0.2, -0.15) is 13.2 Å². The monoisotopic (exact) mass is 434 g/mol. The summed E-state index contributed by atoms with van der Waals surface area (Å²) in [4.78, 5) is 14.6. The van der Waals surface area contributed by atoms with Crippen LogP contribution in [0.25, 0.3) is 0 Å². The number of fused-ring (bicyclic) bond motifs is 1. The number of halogens is 4. The Kier molecular flexibility index (Phi) is 5.21. The molecule has 1 amide bonds. The number of rotatable bonds is 3. The van der Waals surface area contributed by atoms with Crippen LogP contribution in [0.1, 0.15) is 15.9 Å². The van der Waals surface area contributed by atoms with Gasteiger partial charge in [0.1, 0.15) is 6.61 Å². The summed E-state index contributed by atoms with van der Waals surface area (Å²) in [6.07, 6.45) is -4.44. The minimum absolute atomic E-state index is 0.238. The van der Waals surface area contributed by atoms with E-state index in [1.165, 1.54) is 12.1 Å². The lowest BCUT2D eigenvalue weighted by Gasteiger charge is -2.31. The Morgan fingerprint density at radius 2 is 1.83 bits per heavy atom. The van der Waals surface area contributed by atoms with Crippen LogP contribution >= 0.6 is 11.6 Å². The van der Waals surface area contributed by atoms with E-state index in [1.807, 2.05) is 4.90 Å². The number of carbonyl (C=O) groups is 1. The lowest BCUT2D eigenvalue weighted by atomic mass is 10.1. The summed E-state index contributed by atoms with van der Waals surface area (Å²) in [7, 11) is 0. The molecule has 0 spiro atoms. The van der Waals surface area contributed by atoms with E-state index >= 15 is 0 Å². The van der Waals surface area contributed by atoms with Crippen molar-refractivity contribution in [3.05, 3.63) is 70.9 Å². The van der Waals surface area contributed by atoms with E-state index in [9.17, 15) is 18.0 Å². The number of para-hydroxylation sites is 1. The number of ether oxygens (including phenoxy) is 1. The van der Waals surface area contributed by atoms with E-state index in [4.69, 9.17) is 16.3 Å². The van der Waals surface area contributed by atoms with Crippen LogP contribution in [-0.2, 0) is 6.18 Å². The third kappa shape index (κ3) is 4.02. The van der Waals surface area contributed by atoms with Gasteiger partial charge in [0.25, 0.3) is 5.91 Å². The summed E-state index contributed by atoms with van der Waals surface area (Å²) >= 11 is 5.80. The Balaban J connectivity index is 1.60. The standard InChI is InChI=1S/C20H14ClF3N4O2/c21-16-8-9-17(27-26-16)28-10-11-30-18-14(2-1-3-15(18)28)19(29)25-13-6-4-12(5-7-13)20(22,23)24/h1-9H,10-11H2,(H,25,29). The maximum Gasteiger partial charge on any atom is 0.416 e.